The first-order valence-electron chi connectivity index (χ1n) is 5.90. The number of hydrogen-bond donors (Lipinski definition) is 2. The van der Waals surface area contributed by atoms with E-state index in [1.165, 1.54) is 16.7 Å². The van der Waals surface area contributed by atoms with Crippen molar-refractivity contribution in [3.8, 4) is 0 Å². The molecule has 0 saturated carbocycles. The molecule has 1 aliphatic heterocycles. The molecule has 2 rings (SSSR count). The number of nitrogen functional groups attached to an aromatic ring is 1. The Balaban J connectivity index is 2.33. The zero-order chi connectivity index (χ0) is 12.6. The van der Waals surface area contributed by atoms with Gasteiger partial charge in [0.1, 0.15) is 0 Å². The van der Waals surface area contributed by atoms with Gasteiger partial charge in [0, 0.05) is 18.8 Å². The van der Waals surface area contributed by atoms with Gasteiger partial charge in [0.05, 0.1) is 4.87 Å². The van der Waals surface area contributed by atoms with Crippen LogP contribution in [0.25, 0.3) is 0 Å². The molecule has 0 aromatic heterocycles. The summed E-state index contributed by atoms with van der Waals surface area (Å²) in [5.41, 5.74) is 11.1. The molecule has 0 radical (unpaired) electrons. The smallest absolute Gasteiger partial charge is 0.0716 e. The van der Waals surface area contributed by atoms with Crippen LogP contribution in [0.1, 0.15) is 30.5 Å². The average molecular weight is 268 g/mol. The Morgan fingerprint density at radius 2 is 2.06 bits per heavy atom. The van der Waals surface area contributed by atoms with Gasteiger partial charge in [-0.2, -0.15) is 0 Å². The highest BCUT2D eigenvalue weighted by molar-refractivity contribution is 8.69. The van der Waals surface area contributed by atoms with Crippen LogP contribution >= 0.6 is 22.5 Å². The van der Waals surface area contributed by atoms with Gasteiger partial charge in [0.15, 0.2) is 0 Å². The van der Waals surface area contributed by atoms with Crippen molar-refractivity contribution in [1.82, 2.24) is 4.90 Å². The second-order valence-electron chi connectivity index (χ2n) is 5.14. The highest BCUT2D eigenvalue weighted by Crippen LogP contribution is 2.37. The number of nitrogens with zero attached hydrogens (tertiary/aromatic N) is 1. The molecule has 0 saturated heterocycles. The fourth-order valence-corrected chi connectivity index (χ4v) is 3.00. The van der Waals surface area contributed by atoms with Gasteiger partial charge in [-0.25, -0.2) is 0 Å². The van der Waals surface area contributed by atoms with Gasteiger partial charge >= 0.3 is 0 Å². The Hall–Kier alpha value is -0.320. The van der Waals surface area contributed by atoms with Gasteiger partial charge in [-0.1, -0.05) is 16.9 Å². The topological polar surface area (TPSA) is 29.3 Å². The number of thiol groups is 1. The largest absolute Gasteiger partial charge is 0.398 e. The SMILES string of the molecule is Cc1ccc(N)c2c1CN(C(C)(C)SS)CC2. The van der Waals surface area contributed by atoms with Gasteiger partial charge < -0.3 is 5.73 Å². The van der Waals surface area contributed by atoms with Crippen molar-refractivity contribution in [2.75, 3.05) is 12.3 Å². The molecule has 1 aliphatic rings. The Morgan fingerprint density at radius 1 is 1.35 bits per heavy atom. The number of rotatable bonds is 2. The third-order valence-corrected chi connectivity index (χ3v) is 5.71. The van der Waals surface area contributed by atoms with Gasteiger partial charge in [-0.3, -0.25) is 4.90 Å². The molecular weight excluding hydrogens is 248 g/mol. The Bertz CT molecular complexity index is 430. The van der Waals surface area contributed by atoms with Gasteiger partial charge in [0.2, 0.25) is 0 Å². The summed E-state index contributed by atoms with van der Waals surface area (Å²) in [5.74, 6) is 0. The van der Waals surface area contributed by atoms with E-state index >= 15 is 0 Å². The van der Waals surface area contributed by atoms with Crippen LogP contribution < -0.4 is 5.73 Å². The lowest BCUT2D eigenvalue weighted by Crippen LogP contribution is -2.44. The molecule has 1 heterocycles. The van der Waals surface area contributed by atoms with Crippen LogP contribution in [-0.2, 0) is 13.0 Å². The quantitative estimate of drug-likeness (QED) is 0.490. The first-order chi connectivity index (χ1) is 7.95. The van der Waals surface area contributed by atoms with Crippen LogP contribution in [0.5, 0.6) is 0 Å². The first kappa shape index (κ1) is 13.1. The zero-order valence-electron chi connectivity index (χ0n) is 10.7. The van der Waals surface area contributed by atoms with Crippen molar-refractivity contribution in [2.45, 2.75) is 38.6 Å². The lowest BCUT2D eigenvalue weighted by Gasteiger charge is -2.40. The number of aryl methyl sites for hydroxylation is 1. The monoisotopic (exact) mass is 268 g/mol. The van der Waals surface area contributed by atoms with E-state index in [4.69, 9.17) is 5.73 Å². The number of fused-ring (bicyclic) bond motifs is 1. The molecule has 0 aliphatic carbocycles. The van der Waals surface area contributed by atoms with E-state index in [9.17, 15) is 0 Å². The molecule has 0 spiro atoms. The van der Waals surface area contributed by atoms with Gasteiger partial charge in [0.25, 0.3) is 0 Å². The molecule has 0 unspecified atom stereocenters. The summed E-state index contributed by atoms with van der Waals surface area (Å²) < 4.78 is 0. The first-order valence-corrected chi connectivity index (χ1v) is 7.77. The van der Waals surface area contributed by atoms with Crippen LogP contribution in [0.15, 0.2) is 12.1 Å². The van der Waals surface area contributed by atoms with E-state index < -0.39 is 0 Å². The second-order valence-corrected chi connectivity index (χ2v) is 6.87. The Kier molecular flexibility index (Phi) is 3.66. The average Bonchev–Trinajstić information content (AvgIpc) is 2.33. The minimum Gasteiger partial charge on any atom is -0.398 e. The number of hydrogen-bond acceptors (Lipinski definition) is 4. The summed E-state index contributed by atoms with van der Waals surface area (Å²) in [6.45, 7) is 8.64. The Morgan fingerprint density at radius 3 is 2.71 bits per heavy atom. The van der Waals surface area contributed by atoms with E-state index in [-0.39, 0.29) is 4.87 Å². The van der Waals surface area contributed by atoms with E-state index in [0.29, 0.717) is 0 Å². The number of anilines is 1. The molecule has 0 bridgehead atoms. The van der Waals surface area contributed by atoms with Crippen molar-refractivity contribution in [3.05, 3.63) is 28.8 Å². The summed E-state index contributed by atoms with van der Waals surface area (Å²) in [6.07, 6.45) is 1.04. The third kappa shape index (κ3) is 2.44. The van der Waals surface area contributed by atoms with E-state index in [1.54, 1.807) is 10.8 Å². The van der Waals surface area contributed by atoms with Crippen molar-refractivity contribution in [2.24, 2.45) is 0 Å². The maximum absolute atomic E-state index is 6.06. The zero-order valence-corrected chi connectivity index (χ0v) is 12.4. The van der Waals surface area contributed by atoms with Crippen molar-refractivity contribution in [3.63, 3.8) is 0 Å². The molecule has 0 amide bonds. The van der Waals surface area contributed by atoms with Crippen LogP contribution in [0.4, 0.5) is 5.69 Å². The molecular formula is C13H20N2S2. The van der Waals surface area contributed by atoms with Crippen LogP contribution in [-0.4, -0.2) is 16.3 Å². The fourth-order valence-electron chi connectivity index (χ4n) is 2.38. The Labute approximate surface area is 113 Å². The second kappa shape index (κ2) is 4.75. The van der Waals surface area contributed by atoms with Gasteiger partial charge in [-0.15, -0.1) is 11.7 Å². The van der Waals surface area contributed by atoms with E-state index in [1.807, 2.05) is 6.07 Å². The van der Waals surface area contributed by atoms with E-state index in [0.717, 1.165) is 25.2 Å². The summed E-state index contributed by atoms with van der Waals surface area (Å²) in [7, 11) is 1.61. The van der Waals surface area contributed by atoms with E-state index in [2.05, 4.69) is 43.4 Å². The highest BCUT2D eigenvalue weighted by atomic mass is 33.1. The molecule has 0 atom stereocenters. The van der Waals surface area contributed by atoms with Crippen molar-refractivity contribution < 1.29 is 0 Å². The lowest BCUT2D eigenvalue weighted by molar-refractivity contribution is 0.179. The maximum atomic E-state index is 6.06. The molecule has 17 heavy (non-hydrogen) atoms. The van der Waals surface area contributed by atoms with Crippen LogP contribution in [0.2, 0.25) is 0 Å². The molecule has 2 N–H and O–H groups in total. The number of benzene rings is 1. The fraction of sp³-hybridized carbons (Fsp3) is 0.538. The molecule has 0 fully saturated rings. The molecule has 4 heteroatoms. The predicted octanol–water partition coefficient (Wildman–Crippen LogP) is 3.25. The summed E-state index contributed by atoms with van der Waals surface area (Å²) in [4.78, 5) is 2.54. The highest BCUT2D eigenvalue weighted by Gasteiger charge is 2.30. The molecule has 2 nitrogen and oxygen atoms in total. The standard InChI is InChI=1S/C13H20N2S2/c1-9-4-5-12(14)10-6-7-15(8-11(9)10)13(2,3)17-16/h4-5,16H,6-8,14H2,1-3H3. The molecule has 94 valence electrons. The molecule has 1 aromatic rings. The third-order valence-electron chi connectivity index (χ3n) is 3.67. The minimum atomic E-state index is 0.0673. The summed E-state index contributed by atoms with van der Waals surface area (Å²) >= 11 is 4.38. The number of nitrogens with two attached hydrogens (primary N) is 1. The van der Waals surface area contributed by atoms with Crippen LogP contribution in [0, 0.1) is 6.92 Å². The van der Waals surface area contributed by atoms with Crippen molar-refractivity contribution in [1.29, 1.82) is 0 Å². The predicted molar refractivity (Wildman–Crippen MR) is 80.4 cm³/mol. The summed E-state index contributed by atoms with van der Waals surface area (Å²) in [6, 6.07) is 4.15. The normalized spacial score (nSPS) is 16.9. The minimum absolute atomic E-state index is 0.0673. The van der Waals surface area contributed by atoms with Crippen molar-refractivity contribution >= 4 is 28.1 Å². The lowest BCUT2D eigenvalue weighted by atomic mass is 9.93. The van der Waals surface area contributed by atoms with Crippen LogP contribution in [0.3, 0.4) is 0 Å². The van der Waals surface area contributed by atoms with Gasteiger partial charge in [-0.05, 0) is 49.9 Å². The maximum Gasteiger partial charge on any atom is 0.0716 e. The molecule has 1 aromatic carbocycles. The summed E-state index contributed by atoms with van der Waals surface area (Å²) in [5, 5.41) is 0.